The third kappa shape index (κ3) is 3.90. The van der Waals surface area contributed by atoms with Crippen molar-refractivity contribution in [2.45, 2.75) is 38.9 Å². The molecule has 4 N–H and O–H groups in total. The molecule has 0 spiro atoms. The van der Waals surface area contributed by atoms with Crippen molar-refractivity contribution in [2.24, 2.45) is 5.92 Å². The van der Waals surface area contributed by atoms with Gasteiger partial charge in [-0.1, -0.05) is 49.8 Å². The van der Waals surface area contributed by atoms with Gasteiger partial charge in [-0.15, -0.1) is 0 Å². The minimum atomic E-state index is -0.322. The molecule has 0 saturated heterocycles. The van der Waals surface area contributed by atoms with Crippen LogP contribution >= 0.6 is 0 Å². The fraction of sp³-hybridized carbons (Fsp3) is 0.474. The van der Waals surface area contributed by atoms with Gasteiger partial charge in [-0.3, -0.25) is 0 Å². The lowest BCUT2D eigenvalue weighted by Gasteiger charge is -2.34. The molecule has 1 atom stereocenters. The summed E-state index contributed by atoms with van der Waals surface area (Å²) in [4.78, 5) is 0. The van der Waals surface area contributed by atoms with E-state index in [2.05, 4.69) is 13.8 Å². The van der Waals surface area contributed by atoms with Crippen LogP contribution in [0.15, 0.2) is 41.5 Å². The monoisotopic (exact) mass is 318 g/mol. The fourth-order valence-electron chi connectivity index (χ4n) is 3.12. The molecule has 2 rings (SSSR count). The maximum absolute atomic E-state index is 9.50. The van der Waals surface area contributed by atoms with Gasteiger partial charge >= 0.3 is 0 Å². The van der Waals surface area contributed by atoms with Gasteiger partial charge < -0.3 is 20.4 Å². The van der Waals surface area contributed by atoms with E-state index >= 15 is 0 Å². The second-order valence-corrected chi connectivity index (χ2v) is 6.70. The quantitative estimate of drug-likeness (QED) is 0.645. The SMILES string of the molecule is CC(C)(C1=CC(CO)=CC(CO)C1)c1cc(CO)cc(CO)c1. The zero-order valence-corrected chi connectivity index (χ0v) is 13.8. The molecule has 0 bridgehead atoms. The second-order valence-electron chi connectivity index (χ2n) is 6.70. The number of hydrogen-bond acceptors (Lipinski definition) is 4. The van der Waals surface area contributed by atoms with Gasteiger partial charge in [0, 0.05) is 17.9 Å². The van der Waals surface area contributed by atoms with E-state index in [-0.39, 0.29) is 37.8 Å². The first kappa shape index (κ1) is 17.9. The first-order valence-corrected chi connectivity index (χ1v) is 7.93. The Bertz CT molecular complexity index is 592. The fourth-order valence-corrected chi connectivity index (χ4v) is 3.12. The van der Waals surface area contributed by atoms with Gasteiger partial charge in [0.25, 0.3) is 0 Å². The molecule has 23 heavy (non-hydrogen) atoms. The van der Waals surface area contributed by atoms with Gasteiger partial charge in [0.15, 0.2) is 0 Å². The Labute approximate surface area is 137 Å². The van der Waals surface area contributed by atoms with Gasteiger partial charge in [-0.2, -0.15) is 0 Å². The van der Waals surface area contributed by atoms with Gasteiger partial charge in [-0.25, -0.2) is 0 Å². The van der Waals surface area contributed by atoms with Crippen LogP contribution in [0.5, 0.6) is 0 Å². The van der Waals surface area contributed by atoms with Crippen LogP contribution in [0.3, 0.4) is 0 Å². The normalized spacial score (nSPS) is 18.6. The number of aliphatic hydroxyl groups is 4. The van der Waals surface area contributed by atoms with E-state index in [1.54, 1.807) is 6.07 Å². The summed E-state index contributed by atoms with van der Waals surface area (Å²) >= 11 is 0. The van der Waals surface area contributed by atoms with E-state index in [9.17, 15) is 20.4 Å². The average Bonchev–Trinajstić information content (AvgIpc) is 2.60. The minimum absolute atomic E-state index is 0.00904. The number of aliphatic hydroxyl groups excluding tert-OH is 4. The van der Waals surface area contributed by atoms with Crippen molar-refractivity contribution in [3.63, 3.8) is 0 Å². The highest BCUT2D eigenvalue weighted by atomic mass is 16.3. The van der Waals surface area contributed by atoms with Gasteiger partial charge in [0.05, 0.1) is 19.8 Å². The van der Waals surface area contributed by atoms with Crippen LogP contribution in [-0.4, -0.2) is 33.6 Å². The minimum Gasteiger partial charge on any atom is -0.396 e. The Kier molecular flexibility index (Phi) is 5.76. The van der Waals surface area contributed by atoms with E-state index in [0.29, 0.717) is 0 Å². The summed E-state index contributed by atoms with van der Waals surface area (Å²) < 4.78 is 0. The van der Waals surface area contributed by atoms with Gasteiger partial charge in [-0.05, 0) is 28.7 Å². The summed E-state index contributed by atoms with van der Waals surface area (Å²) in [6, 6.07) is 5.69. The average molecular weight is 318 g/mol. The summed E-state index contributed by atoms with van der Waals surface area (Å²) in [5, 5.41) is 37.9. The van der Waals surface area contributed by atoms with Gasteiger partial charge in [0.2, 0.25) is 0 Å². The van der Waals surface area contributed by atoms with Crippen LogP contribution in [0.2, 0.25) is 0 Å². The molecule has 4 nitrogen and oxygen atoms in total. The van der Waals surface area contributed by atoms with E-state index in [1.165, 1.54) is 0 Å². The van der Waals surface area contributed by atoms with E-state index in [0.717, 1.165) is 34.3 Å². The first-order valence-electron chi connectivity index (χ1n) is 7.93. The summed E-state index contributed by atoms with van der Waals surface area (Å²) in [7, 11) is 0. The standard InChI is InChI=1S/C19H26O4/c1-19(2,17-5-13(9-20)3-14(6-17)10-21)18-7-15(11-22)4-16(8-18)12-23/h3-7,16,20-23H,8-12H2,1-2H3. The van der Waals surface area contributed by atoms with Crippen LogP contribution in [0.4, 0.5) is 0 Å². The van der Waals surface area contributed by atoms with Crippen LogP contribution in [0.25, 0.3) is 0 Å². The molecule has 1 aromatic carbocycles. The van der Waals surface area contributed by atoms with Crippen molar-refractivity contribution in [1.82, 2.24) is 0 Å². The molecule has 0 aliphatic heterocycles. The highest BCUT2D eigenvalue weighted by Gasteiger charge is 2.29. The lowest BCUT2D eigenvalue weighted by atomic mass is 9.71. The zero-order chi connectivity index (χ0) is 17.0. The van der Waals surface area contributed by atoms with Crippen molar-refractivity contribution in [2.75, 3.05) is 13.2 Å². The number of rotatable bonds is 6. The molecular formula is C19H26O4. The molecule has 126 valence electrons. The molecule has 0 aromatic heterocycles. The van der Waals surface area contributed by atoms with Gasteiger partial charge in [0.1, 0.15) is 0 Å². The molecule has 1 aliphatic rings. The summed E-state index contributed by atoms with van der Waals surface area (Å²) in [6.45, 7) is 4.04. The topological polar surface area (TPSA) is 80.9 Å². The van der Waals surface area contributed by atoms with Crippen LogP contribution in [0.1, 0.15) is 37.0 Å². The molecule has 0 heterocycles. The lowest BCUT2D eigenvalue weighted by molar-refractivity contribution is 0.245. The number of hydrogen-bond donors (Lipinski definition) is 4. The largest absolute Gasteiger partial charge is 0.396 e. The van der Waals surface area contributed by atoms with Crippen LogP contribution in [-0.2, 0) is 18.6 Å². The highest BCUT2D eigenvalue weighted by Crippen LogP contribution is 2.39. The molecule has 1 unspecified atom stereocenters. The van der Waals surface area contributed by atoms with Crippen molar-refractivity contribution >= 4 is 0 Å². The molecule has 0 saturated carbocycles. The van der Waals surface area contributed by atoms with Crippen molar-refractivity contribution < 1.29 is 20.4 Å². The molecule has 0 amide bonds. The molecule has 0 fully saturated rings. The third-order valence-corrected chi connectivity index (χ3v) is 4.65. The number of benzene rings is 1. The Morgan fingerprint density at radius 2 is 1.57 bits per heavy atom. The second kappa shape index (κ2) is 7.41. The Morgan fingerprint density at radius 1 is 0.957 bits per heavy atom. The Hall–Kier alpha value is -1.46. The third-order valence-electron chi connectivity index (χ3n) is 4.65. The molecular weight excluding hydrogens is 292 g/mol. The van der Waals surface area contributed by atoms with Crippen molar-refractivity contribution in [3.05, 3.63) is 58.2 Å². The molecule has 1 aromatic rings. The molecule has 4 heteroatoms. The Balaban J connectivity index is 2.45. The van der Waals surface area contributed by atoms with Crippen molar-refractivity contribution in [3.8, 4) is 0 Å². The van der Waals surface area contributed by atoms with Crippen LogP contribution in [0, 0.1) is 5.92 Å². The van der Waals surface area contributed by atoms with Crippen LogP contribution < -0.4 is 0 Å². The molecule has 1 aliphatic carbocycles. The summed E-state index contributed by atoms with van der Waals surface area (Å²) in [5.74, 6) is 0.00904. The van der Waals surface area contributed by atoms with E-state index < -0.39 is 0 Å². The van der Waals surface area contributed by atoms with E-state index in [1.807, 2.05) is 24.3 Å². The lowest BCUT2D eigenvalue weighted by Crippen LogP contribution is -2.25. The predicted molar refractivity (Wildman–Crippen MR) is 89.8 cm³/mol. The Morgan fingerprint density at radius 3 is 2.04 bits per heavy atom. The highest BCUT2D eigenvalue weighted by molar-refractivity contribution is 5.44. The zero-order valence-electron chi connectivity index (χ0n) is 13.8. The first-order chi connectivity index (χ1) is 10.9. The summed E-state index contributed by atoms with van der Waals surface area (Å²) in [6.07, 6.45) is 4.64. The van der Waals surface area contributed by atoms with E-state index in [4.69, 9.17) is 0 Å². The smallest absolute Gasteiger partial charge is 0.0682 e. The molecule has 0 radical (unpaired) electrons. The number of allylic oxidation sites excluding steroid dienone is 1. The van der Waals surface area contributed by atoms with Crippen molar-refractivity contribution in [1.29, 1.82) is 0 Å². The maximum Gasteiger partial charge on any atom is 0.0682 e. The predicted octanol–water partition coefficient (Wildman–Crippen LogP) is 1.81. The summed E-state index contributed by atoms with van der Waals surface area (Å²) in [5.41, 5.74) is 4.17. The maximum atomic E-state index is 9.50.